The van der Waals surface area contributed by atoms with Crippen molar-refractivity contribution in [3.8, 4) is 11.6 Å². The number of ether oxygens (including phenoxy) is 2. The highest BCUT2D eigenvalue weighted by molar-refractivity contribution is 5.91. The zero-order chi connectivity index (χ0) is 19.2. The number of benzene rings is 1. The van der Waals surface area contributed by atoms with Crippen LogP contribution in [0.1, 0.15) is 13.8 Å². The van der Waals surface area contributed by atoms with Crippen LogP contribution in [0.3, 0.4) is 0 Å². The fourth-order valence-electron chi connectivity index (χ4n) is 2.61. The highest BCUT2D eigenvalue weighted by Crippen LogP contribution is 2.16. The van der Waals surface area contributed by atoms with Crippen LogP contribution in [0, 0.1) is 0 Å². The molecule has 0 radical (unpaired) electrons. The third-order valence-corrected chi connectivity index (χ3v) is 3.75. The fraction of sp³-hybridized carbons (Fsp3) is 0.263. The van der Waals surface area contributed by atoms with Crippen molar-refractivity contribution in [3.63, 3.8) is 0 Å². The Balaban J connectivity index is 1.85. The van der Waals surface area contributed by atoms with Gasteiger partial charge in [0, 0.05) is 11.9 Å². The summed E-state index contributed by atoms with van der Waals surface area (Å²) >= 11 is 0. The molecule has 0 saturated heterocycles. The van der Waals surface area contributed by atoms with Crippen molar-refractivity contribution >= 4 is 22.6 Å². The van der Waals surface area contributed by atoms with Crippen LogP contribution < -0.4 is 20.3 Å². The van der Waals surface area contributed by atoms with Gasteiger partial charge in [0.1, 0.15) is 17.8 Å². The van der Waals surface area contributed by atoms with Gasteiger partial charge in [0.15, 0.2) is 0 Å². The van der Waals surface area contributed by atoms with Crippen molar-refractivity contribution in [1.82, 2.24) is 14.5 Å². The van der Waals surface area contributed by atoms with Crippen molar-refractivity contribution in [2.45, 2.75) is 20.4 Å². The van der Waals surface area contributed by atoms with E-state index in [2.05, 4.69) is 15.3 Å². The van der Waals surface area contributed by atoms with Crippen LogP contribution >= 0.6 is 0 Å². The normalized spacial score (nSPS) is 10.6. The number of aromatic nitrogens is 3. The minimum Gasteiger partial charge on any atom is -0.494 e. The third-order valence-electron chi connectivity index (χ3n) is 3.75. The molecule has 3 aromatic rings. The number of pyridine rings is 1. The molecule has 3 rings (SSSR count). The number of nitrogens with one attached hydrogen (secondary N) is 1. The molecule has 0 fully saturated rings. The molecule has 140 valence electrons. The molecule has 0 unspecified atom stereocenters. The maximum Gasteiger partial charge on any atom is 0.314 e. The molecule has 0 spiro atoms. The maximum atomic E-state index is 12.6. The summed E-state index contributed by atoms with van der Waals surface area (Å²) < 4.78 is 12.0. The third kappa shape index (κ3) is 4.22. The number of nitrogens with zero attached hydrogens (tertiary/aromatic N) is 3. The van der Waals surface area contributed by atoms with Gasteiger partial charge >= 0.3 is 5.56 Å². The Kier molecular flexibility index (Phi) is 5.65. The smallest absolute Gasteiger partial charge is 0.314 e. The molecular formula is C19H20N4O4. The Morgan fingerprint density at radius 1 is 1.11 bits per heavy atom. The molecule has 27 heavy (non-hydrogen) atoms. The summed E-state index contributed by atoms with van der Waals surface area (Å²) in [6, 6.07) is 8.67. The van der Waals surface area contributed by atoms with Gasteiger partial charge < -0.3 is 14.8 Å². The summed E-state index contributed by atoms with van der Waals surface area (Å²) in [6.07, 6.45) is 3.07. The Labute approximate surface area is 155 Å². The van der Waals surface area contributed by atoms with Crippen LogP contribution in [0.4, 0.5) is 5.69 Å². The summed E-state index contributed by atoms with van der Waals surface area (Å²) in [5.41, 5.74) is 1.15. The molecule has 2 aromatic heterocycles. The van der Waals surface area contributed by atoms with Crippen molar-refractivity contribution in [2.75, 3.05) is 18.5 Å². The van der Waals surface area contributed by atoms with Crippen molar-refractivity contribution < 1.29 is 14.3 Å². The van der Waals surface area contributed by atoms with Crippen LogP contribution in [0.5, 0.6) is 11.6 Å². The standard InChI is InChI=1S/C19H20N4O4/c1-3-26-14-7-5-13(6-8-14)21-17(24)12-23-16-9-10-20-11-15(16)22-18(19(23)25)27-4-2/h5-11H,3-4,12H2,1-2H3,(H,21,24). The molecule has 0 saturated carbocycles. The molecule has 0 aliphatic heterocycles. The largest absolute Gasteiger partial charge is 0.494 e. The first kappa shape index (κ1) is 18.4. The van der Waals surface area contributed by atoms with E-state index >= 15 is 0 Å². The Bertz CT molecular complexity index is 999. The van der Waals surface area contributed by atoms with E-state index in [9.17, 15) is 9.59 Å². The topological polar surface area (TPSA) is 95.3 Å². The summed E-state index contributed by atoms with van der Waals surface area (Å²) in [4.78, 5) is 33.3. The van der Waals surface area contributed by atoms with E-state index < -0.39 is 5.56 Å². The predicted molar refractivity (Wildman–Crippen MR) is 101 cm³/mol. The van der Waals surface area contributed by atoms with Crippen molar-refractivity contribution in [1.29, 1.82) is 0 Å². The first-order valence-corrected chi connectivity index (χ1v) is 8.62. The van der Waals surface area contributed by atoms with Gasteiger partial charge in [0.25, 0.3) is 5.88 Å². The molecule has 1 amide bonds. The van der Waals surface area contributed by atoms with Gasteiger partial charge in [0.05, 0.1) is 24.9 Å². The monoisotopic (exact) mass is 368 g/mol. The van der Waals surface area contributed by atoms with Crippen LogP contribution in [-0.2, 0) is 11.3 Å². The summed E-state index contributed by atoms with van der Waals surface area (Å²) in [5, 5.41) is 2.77. The summed E-state index contributed by atoms with van der Waals surface area (Å²) in [5.74, 6) is 0.334. The molecule has 0 bridgehead atoms. The van der Waals surface area contributed by atoms with Gasteiger partial charge in [-0.05, 0) is 44.2 Å². The highest BCUT2D eigenvalue weighted by atomic mass is 16.5. The lowest BCUT2D eigenvalue weighted by molar-refractivity contribution is -0.116. The number of amides is 1. The zero-order valence-corrected chi connectivity index (χ0v) is 15.1. The van der Waals surface area contributed by atoms with Crippen LogP contribution in [0.15, 0.2) is 47.5 Å². The zero-order valence-electron chi connectivity index (χ0n) is 15.1. The predicted octanol–water partition coefficient (Wildman–Crippen LogP) is 2.23. The number of hydrogen-bond donors (Lipinski definition) is 1. The van der Waals surface area contributed by atoms with Crippen LogP contribution in [0.25, 0.3) is 11.0 Å². The molecule has 2 heterocycles. The van der Waals surface area contributed by atoms with E-state index in [-0.39, 0.29) is 18.3 Å². The van der Waals surface area contributed by atoms with Gasteiger partial charge in [-0.1, -0.05) is 0 Å². The van der Waals surface area contributed by atoms with E-state index in [4.69, 9.17) is 9.47 Å². The number of rotatable bonds is 7. The Morgan fingerprint density at radius 2 is 1.85 bits per heavy atom. The first-order valence-electron chi connectivity index (χ1n) is 8.62. The lowest BCUT2D eigenvalue weighted by atomic mass is 10.3. The number of anilines is 1. The molecule has 1 N–H and O–H groups in total. The van der Waals surface area contributed by atoms with Gasteiger partial charge in [-0.15, -0.1) is 0 Å². The second kappa shape index (κ2) is 8.31. The Morgan fingerprint density at radius 3 is 2.56 bits per heavy atom. The van der Waals surface area contributed by atoms with E-state index in [0.717, 1.165) is 5.75 Å². The second-order valence-electron chi connectivity index (χ2n) is 5.61. The molecule has 1 aromatic carbocycles. The van der Waals surface area contributed by atoms with Gasteiger partial charge in [-0.2, -0.15) is 0 Å². The van der Waals surface area contributed by atoms with Gasteiger partial charge in [0.2, 0.25) is 5.91 Å². The SMILES string of the molecule is CCOc1ccc(NC(=O)Cn2c(=O)c(OCC)nc3cnccc32)cc1. The van der Waals surface area contributed by atoms with E-state index in [1.807, 2.05) is 6.92 Å². The molecule has 0 atom stereocenters. The lowest BCUT2D eigenvalue weighted by Crippen LogP contribution is -2.29. The first-order chi connectivity index (χ1) is 13.1. The quantitative estimate of drug-likeness (QED) is 0.687. The molecular weight excluding hydrogens is 348 g/mol. The van der Waals surface area contributed by atoms with E-state index in [0.29, 0.717) is 29.9 Å². The highest BCUT2D eigenvalue weighted by Gasteiger charge is 2.15. The molecule has 0 aliphatic carbocycles. The van der Waals surface area contributed by atoms with Gasteiger partial charge in [-0.3, -0.25) is 19.1 Å². The van der Waals surface area contributed by atoms with E-state index in [1.54, 1.807) is 43.5 Å². The van der Waals surface area contributed by atoms with E-state index in [1.165, 1.54) is 10.8 Å². The minimum atomic E-state index is -0.461. The van der Waals surface area contributed by atoms with Crippen LogP contribution in [0.2, 0.25) is 0 Å². The lowest BCUT2D eigenvalue weighted by Gasteiger charge is -2.12. The average molecular weight is 368 g/mol. The number of hydrogen-bond acceptors (Lipinski definition) is 6. The summed E-state index contributed by atoms with van der Waals surface area (Å²) in [7, 11) is 0. The molecule has 0 aliphatic rings. The van der Waals surface area contributed by atoms with Gasteiger partial charge in [-0.25, -0.2) is 4.98 Å². The van der Waals surface area contributed by atoms with Crippen molar-refractivity contribution in [2.24, 2.45) is 0 Å². The van der Waals surface area contributed by atoms with Crippen molar-refractivity contribution in [3.05, 3.63) is 53.1 Å². The number of carbonyl (C=O) groups is 1. The molecule has 8 nitrogen and oxygen atoms in total. The maximum absolute atomic E-state index is 12.6. The Hall–Kier alpha value is -3.42. The minimum absolute atomic E-state index is 0.0492. The molecule has 8 heteroatoms. The number of fused-ring (bicyclic) bond motifs is 1. The average Bonchev–Trinajstić information content (AvgIpc) is 2.67. The summed E-state index contributed by atoms with van der Waals surface area (Å²) in [6.45, 7) is 4.36. The number of carbonyl (C=O) groups excluding carboxylic acids is 1. The fourth-order valence-corrected chi connectivity index (χ4v) is 2.61. The second-order valence-corrected chi connectivity index (χ2v) is 5.61. The van der Waals surface area contributed by atoms with Crippen LogP contribution in [-0.4, -0.2) is 33.7 Å².